The lowest BCUT2D eigenvalue weighted by Gasteiger charge is -2.09. The molecule has 2 aromatic heterocycles. The monoisotopic (exact) mass is 404 g/mol. The molecule has 4 aromatic rings. The fourth-order valence-corrected chi connectivity index (χ4v) is 3.17. The molecule has 0 bridgehead atoms. The molecule has 0 saturated heterocycles. The number of hydrogen-bond donors (Lipinski definition) is 0. The SMILES string of the molecule is Cc1ccc(Cl)cc1-n1ncc2c(Oc3ccc(Cl)cc3Cl)ncnc21. The Hall–Kier alpha value is -2.34. The molecule has 2 heterocycles. The molecule has 0 radical (unpaired) electrons. The lowest BCUT2D eigenvalue weighted by Crippen LogP contribution is -2.00. The highest BCUT2D eigenvalue weighted by Crippen LogP contribution is 2.34. The van der Waals surface area contributed by atoms with Crippen LogP contribution in [0.5, 0.6) is 11.6 Å². The van der Waals surface area contributed by atoms with E-state index in [9.17, 15) is 0 Å². The van der Waals surface area contributed by atoms with Crippen LogP contribution in [-0.4, -0.2) is 19.7 Å². The van der Waals surface area contributed by atoms with Crippen LogP contribution in [0.2, 0.25) is 15.1 Å². The second-order valence-corrected chi connectivity index (χ2v) is 6.86. The molecule has 26 heavy (non-hydrogen) atoms. The Morgan fingerprint density at radius 2 is 1.73 bits per heavy atom. The lowest BCUT2D eigenvalue weighted by atomic mass is 10.2. The zero-order valence-corrected chi connectivity index (χ0v) is 15.7. The molecule has 0 amide bonds. The number of halogens is 3. The van der Waals surface area contributed by atoms with Crippen molar-refractivity contribution < 1.29 is 4.74 Å². The fraction of sp³-hybridized carbons (Fsp3) is 0.0556. The molecule has 0 aliphatic heterocycles. The van der Waals surface area contributed by atoms with Gasteiger partial charge in [-0.15, -0.1) is 0 Å². The first-order valence-electron chi connectivity index (χ1n) is 7.61. The highest BCUT2D eigenvalue weighted by atomic mass is 35.5. The van der Waals surface area contributed by atoms with Crippen LogP contribution in [-0.2, 0) is 0 Å². The molecule has 5 nitrogen and oxygen atoms in total. The Bertz CT molecular complexity index is 1130. The first-order valence-corrected chi connectivity index (χ1v) is 8.74. The van der Waals surface area contributed by atoms with Gasteiger partial charge in [-0.05, 0) is 42.8 Å². The molecule has 0 spiro atoms. The number of hydrogen-bond acceptors (Lipinski definition) is 4. The van der Waals surface area contributed by atoms with Crippen LogP contribution < -0.4 is 4.74 Å². The number of rotatable bonds is 3. The molecular formula is C18H11Cl3N4O. The number of aromatic nitrogens is 4. The van der Waals surface area contributed by atoms with Gasteiger partial charge in [-0.3, -0.25) is 0 Å². The largest absolute Gasteiger partial charge is 0.437 e. The van der Waals surface area contributed by atoms with Gasteiger partial charge in [0.05, 0.1) is 16.9 Å². The smallest absolute Gasteiger partial charge is 0.233 e. The summed E-state index contributed by atoms with van der Waals surface area (Å²) in [5.41, 5.74) is 2.45. The minimum absolute atomic E-state index is 0.352. The zero-order chi connectivity index (χ0) is 18.3. The number of benzene rings is 2. The van der Waals surface area contributed by atoms with Gasteiger partial charge in [0.25, 0.3) is 0 Å². The highest BCUT2D eigenvalue weighted by Gasteiger charge is 2.15. The van der Waals surface area contributed by atoms with Crippen molar-refractivity contribution in [3.05, 3.63) is 69.6 Å². The molecule has 0 atom stereocenters. The second-order valence-electron chi connectivity index (χ2n) is 5.58. The van der Waals surface area contributed by atoms with Crippen LogP contribution in [0.15, 0.2) is 48.9 Å². The standard InChI is InChI=1S/C18H11Cl3N4O/c1-10-2-3-12(20)7-15(10)25-17-13(8-24-25)18(23-9-22-17)26-16-5-4-11(19)6-14(16)21/h2-9H,1H3. The summed E-state index contributed by atoms with van der Waals surface area (Å²) in [6, 6.07) is 10.6. The van der Waals surface area contributed by atoms with E-state index in [1.54, 1.807) is 29.1 Å². The summed E-state index contributed by atoms with van der Waals surface area (Å²) in [6.07, 6.45) is 3.06. The van der Waals surface area contributed by atoms with Gasteiger partial charge in [0, 0.05) is 10.0 Å². The van der Waals surface area contributed by atoms with E-state index in [2.05, 4.69) is 15.1 Å². The fourth-order valence-electron chi connectivity index (χ4n) is 2.55. The van der Waals surface area contributed by atoms with Crippen molar-refractivity contribution in [1.82, 2.24) is 19.7 Å². The van der Waals surface area contributed by atoms with Crippen LogP contribution in [0.4, 0.5) is 0 Å². The normalized spacial score (nSPS) is 11.1. The van der Waals surface area contributed by atoms with Crippen molar-refractivity contribution in [3.63, 3.8) is 0 Å². The lowest BCUT2D eigenvalue weighted by molar-refractivity contribution is 0.468. The molecule has 0 fully saturated rings. The number of fused-ring (bicyclic) bond motifs is 1. The Morgan fingerprint density at radius 1 is 0.962 bits per heavy atom. The number of aryl methyl sites for hydroxylation is 1. The average molecular weight is 406 g/mol. The van der Waals surface area contributed by atoms with Crippen LogP contribution >= 0.6 is 34.8 Å². The molecule has 0 N–H and O–H groups in total. The first-order chi connectivity index (χ1) is 12.5. The summed E-state index contributed by atoms with van der Waals surface area (Å²) < 4.78 is 7.56. The van der Waals surface area contributed by atoms with Gasteiger partial charge in [-0.25, -0.2) is 14.6 Å². The summed E-state index contributed by atoms with van der Waals surface area (Å²) in [4.78, 5) is 8.55. The van der Waals surface area contributed by atoms with Crippen LogP contribution in [0, 0.1) is 6.92 Å². The van der Waals surface area contributed by atoms with Gasteiger partial charge < -0.3 is 4.74 Å². The molecule has 130 valence electrons. The third-order valence-electron chi connectivity index (χ3n) is 3.83. The Kier molecular flexibility index (Phi) is 4.44. The minimum Gasteiger partial charge on any atom is -0.437 e. The third kappa shape index (κ3) is 3.09. The van der Waals surface area contributed by atoms with E-state index >= 15 is 0 Å². The number of ether oxygens (including phenoxy) is 1. The molecule has 0 unspecified atom stereocenters. The van der Waals surface area contributed by atoms with Crippen molar-refractivity contribution in [2.75, 3.05) is 0 Å². The maximum absolute atomic E-state index is 6.18. The zero-order valence-electron chi connectivity index (χ0n) is 13.4. The number of nitrogens with zero attached hydrogens (tertiary/aromatic N) is 4. The van der Waals surface area contributed by atoms with Gasteiger partial charge in [0.1, 0.15) is 17.5 Å². The van der Waals surface area contributed by atoms with E-state index in [1.807, 2.05) is 25.1 Å². The molecule has 2 aromatic carbocycles. The Morgan fingerprint density at radius 3 is 2.54 bits per heavy atom. The van der Waals surface area contributed by atoms with Crippen LogP contribution in [0.25, 0.3) is 16.7 Å². The topological polar surface area (TPSA) is 52.8 Å². The van der Waals surface area contributed by atoms with E-state index in [0.29, 0.717) is 37.7 Å². The minimum atomic E-state index is 0.352. The van der Waals surface area contributed by atoms with Crippen LogP contribution in [0.1, 0.15) is 5.56 Å². The van der Waals surface area contributed by atoms with E-state index in [-0.39, 0.29) is 0 Å². The Labute approximate surface area is 164 Å². The third-order valence-corrected chi connectivity index (χ3v) is 4.59. The van der Waals surface area contributed by atoms with E-state index in [1.165, 1.54) is 6.33 Å². The summed E-state index contributed by atoms with van der Waals surface area (Å²) in [7, 11) is 0. The Balaban J connectivity index is 1.81. The van der Waals surface area contributed by atoms with E-state index in [0.717, 1.165) is 11.3 Å². The van der Waals surface area contributed by atoms with Gasteiger partial charge in [-0.2, -0.15) is 5.10 Å². The van der Waals surface area contributed by atoms with Gasteiger partial charge >= 0.3 is 0 Å². The van der Waals surface area contributed by atoms with Crippen molar-refractivity contribution in [3.8, 4) is 17.3 Å². The van der Waals surface area contributed by atoms with Crippen molar-refractivity contribution in [1.29, 1.82) is 0 Å². The molecule has 0 aliphatic carbocycles. The van der Waals surface area contributed by atoms with Crippen LogP contribution in [0.3, 0.4) is 0 Å². The van der Waals surface area contributed by atoms with Crippen molar-refractivity contribution >= 4 is 45.8 Å². The predicted molar refractivity (Wildman–Crippen MR) is 103 cm³/mol. The maximum atomic E-state index is 6.18. The highest BCUT2D eigenvalue weighted by molar-refractivity contribution is 6.35. The molecule has 0 aliphatic rings. The maximum Gasteiger partial charge on any atom is 0.233 e. The van der Waals surface area contributed by atoms with E-state index in [4.69, 9.17) is 39.5 Å². The quantitative estimate of drug-likeness (QED) is 0.427. The van der Waals surface area contributed by atoms with Gasteiger partial charge in [0.15, 0.2) is 5.65 Å². The summed E-state index contributed by atoms with van der Waals surface area (Å²) >= 11 is 18.2. The molecule has 0 saturated carbocycles. The first kappa shape index (κ1) is 17.1. The average Bonchev–Trinajstić information content (AvgIpc) is 3.04. The summed E-state index contributed by atoms with van der Waals surface area (Å²) in [5, 5.41) is 6.62. The van der Waals surface area contributed by atoms with Gasteiger partial charge in [0.2, 0.25) is 5.88 Å². The second kappa shape index (κ2) is 6.76. The van der Waals surface area contributed by atoms with E-state index < -0.39 is 0 Å². The van der Waals surface area contributed by atoms with Crippen molar-refractivity contribution in [2.45, 2.75) is 6.92 Å². The molecule has 4 rings (SSSR count). The summed E-state index contributed by atoms with van der Waals surface area (Å²) in [5.74, 6) is 0.799. The molecule has 8 heteroatoms. The predicted octanol–water partition coefficient (Wildman–Crippen LogP) is 5.88. The van der Waals surface area contributed by atoms with Crippen molar-refractivity contribution in [2.24, 2.45) is 0 Å². The van der Waals surface area contributed by atoms with Gasteiger partial charge in [-0.1, -0.05) is 40.9 Å². The summed E-state index contributed by atoms with van der Waals surface area (Å²) in [6.45, 7) is 1.98. The molecular weight excluding hydrogens is 395 g/mol.